The first-order chi connectivity index (χ1) is 7.16. The molecule has 0 aromatic heterocycles. The fourth-order valence-electron chi connectivity index (χ4n) is 3.40. The Morgan fingerprint density at radius 2 is 1.73 bits per heavy atom. The second kappa shape index (κ2) is 3.78. The van der Waals surface area contributed by atoms with Gasteiger partial charge in [-0.1, -0.05) is 0 Å². The number of hydrogen-bond acceptors (Lipinski definition) is 3. The van der Waals surface area contributed by atoms with E-state index in [1.807, 2.05) is 0 Å². The highest BCUT2D eigenvalue weighted by Crippen LogP contribution is 2.58. The highest BCUT2D eigenvalue weighted by atomic mass is 16.5. The van der Waals surface area contributed by atoms with Gasteiger partial charge in [0.15, 0.2) is 0 Å². The predicted molar refractivity (Wildman–Crippen MR) is 56.3 cm³/mol. The summed E-state index contributed by atoms with van der Waals surface area (Å²) >= 11 is 0. The van der Waals surface area contributed by atoms with Crippen molar-refractivity contribution in [3.05, 3.63) is 0 Å². The summed E-state index contributed by atoms with van der Waals surface area (Å²) in [6.07, 6.45) is 7.04. The van der Waals surface area contributed by atoms with Crippen LogP contribution < -0.4 is 0 Å². The van der Waals surface area contributed by atoms with Gasteiger partial charge in [0, 0.05) is 6.61 Å². The molecule has 0 atom stereocenters. The van der Waals surface area contributed by atoms with Crippen LogP contribution in [0.2, 0.25) is 0 Å². The van der Waals surface area contributed by atoms with Gasteiger partial charge >= 0.3 is 5.97 Å². The van der Waals surface area contributed by atoms with Crippen LogP contribution in [0, 0.1) is 10.8 Å². The zero-order valence-electron chi connectivity index (χ0n) is 9.42. The summed E-state index contributed by atoms with van der Waals surface area (Å²) < 4.78 is 4.91. The van der Waals surface area contributed by atoms with Crippen molar-refractivity contribution in [2.75, 3.05) is 13.7 Å². The third-order valence-corrected chi connectivity index (χ3v) is 4.66. The molecule has 3 nitrogen and oxygen atoms in total. The number of esters is 1. The van der Waals surface area contributed by atoms with Crippen LogP contribution in [0.5, 0.6) is 0 Å². The van der Waals surface area contributed by atoms with E-state index >= 15 is 0 Å². The van der Waals surface area contributed by atoms with Gasteiger partial charge in [0.1, 0.15) is 0 Å². The summed E-state index contributed by atoms with van der Waals surface area (Å²) in [5.41, 5.74) is 0.163. The Morgan fingerprint density at radius 3 is 2.13 bits per heavy atom. The molecular weight excluding hydrogens is 192 g/mol. The summed E-state index contributed by atoms with van der Waals surface area (Å²) in [5, 5.41) is 9.06. The van der Waals surface area contributed by atoms with Gasteiger partial charge in [0.2, 0.25) is 0 Å². The molecule has 0 saturated heterocycles. The SMILES string of the molecule is COC(=O)C12CCC(CCO)(CC1)CC2. The van der Waals surface area contributed by atoms with Crippen molar-refractivity contribution in [3.8, 4) is 0 Å². The molecular formula is C12H20O3. The number of methoxy groups -OCH3 is 1. The van der Waals surface area contributed by atoms with E-state index in [1.165, 1.54) is 7.11 Å². The lowest BCUT2D eigenvalue weighted by Gasteiger charge is -2.51. The van der Waals surface area contributed by atoms with E-state index in [9.17, 15) is 4.79 Å². The van der Waals surface area contributed by atoms with Crippen LogP contribution in [-0.4, -0.2) is 24.8 Å². The summed E-state index contributed by atoms with van der Waals surface area (Å²) in [4.78, 5) is 11.7. The van der Waals surface area contributed by atoms with Crippen LogP contribution in [-0.2, 0) is 9.53 Å². The molecule has 3 fully saturated rings. The van der Waals surface area contributed by atoms with E-state index in [-0.39, 0.29) is 18.0 Å². The Balaban J connectivity index is 2.07. The Bertz CT molecular complexity index is 235. The number of rotatable bonds is 3. The van der Waals surface area contributed by atoms with Crippen molar-refractivity contribution in [1.82, 2.24) is 0 Å². The minimum Gasteiger partial charge on any atom is -0.469 e. The van der Waals surface area contributed by atoms with Crippen molar-refractivity contribution in [1.29, 1.82) is 0 Å². The van der Waals surface area contributed by atoms with Crippen LogP contribution in [0.4, 0.5) is 0 Å². The average molecular weight is 212 g/mol. The maximum absolute atomic E-state index is 11.7. The van der Waals surface area contributed by atoms with E-state index in [0.717, 1.165) is 44.9 Å². The highest BCUT2D eigenvalue weighted by Gasteiger charge is 2.52. The van der Waals surface area contributed by atoms with E-state index < -0.39 is 0 Å². The molecule has 0 aromatic rings. The molecule has 1 N–H and O–H groups in total. The van der Waals surface area contributed by atoms with Gasteiger partial charge in [0.05, 0.1) is 12.5 Å². The van der Waals surface area contributed by atoms with Crippen LogP contribution >= 0.6 is 0 Å². The number of carbonyl (C=O) groups is 1. The van der Waals surface area contributed by atoms with E-state index in [0.29, 0.717) is 5.41 Å². The number of hydrogen-bond donors (Lipinski definition) is 1. The molecule has 3 aliphatic carbocycles. The molecule has 0 spiro atoms. The van der Waals surface area contributed by atoms with E-state index in [2.05, 4.69) is 0 Å². The number of fused-ring (bicyclic) bond motifs is 3. The number of carbonyl (C=O) groups excluding carboxylic acids is 1. The van der Waals surface area contributed by atoms with Gasteiger partial charge in [-0.15, -0.1) is 0 Å². The minimum absolute atomic E-state index is 0.0141. The minimum atomic E-state index is -0.175. The molecule has 0 aliphatic heterocycles. The van der Waals surface area contributed by atoms with E-state index in [4.69, 9.17) is 9.84 Å². The normalized spacial score (nSPS) is 39.1. The molecule has 3 rings (SSSR count). The largest absolute Gasteiger partial charge is 0.469 e. The van der Waals surface area contributed by atoms with Gasteiger partial charge in [0.25, 0.3) is 0 Å². The molecule has 0 heterocycles. The molecule has 15 heavy (non-hydrogen) atoms. The second-order valence-electron chi connectivity index (χ2n) is 5.25. The zero-order valence-corrected chi connectivity index (χ0v) is 9.42. The maximum Gasteiger partial charge on any atom is 0.311 e. The fraction of sp³-hybridized carbons (Fsp3) is 0.917. The van der Waals surface area contributed by atoms with E-state index in [1.54, 1.807) is 0 Å². The summed E-state index contributed by atoms with van der Waals surface area (Å²) in [5.74, 6) is -0.0141. The van der Waals surface area contributed by atoms with Gasteiger partial charge in [-0.3, -0.25) is 4.79 Å². The third-order valence-electron chi connectivity index (χ3n) is 4.66. The third kappa shape index (κ3) is 1.67. The van der Waals surface area contributed by atoms with Crippen LogP contribution in [0.15, 0.2) is 0 Å². The number of ether oxygens (including phenoxy) is 1. The van der Waals surface area contributed by atoms with Crippen molar-refractivity contribution in [2.45, 2.75) is 44.9 Å². The van der Waals surface area contributed by atoms with Crippen LogP contribution in [0.25, 0.3) is 0 Å². The predicted octanol–water partition coefficient (Wildman–Crippen LogP) is 1.88. The molecule has 0 aromatic carbocycles. The number of aliphatic hydroxyl groups excluding tert-OH is 1. The van der Waals surface area contributed by atoms with Crippen molar-refractivity contribution >= 4 is 5.97 Å². The van der Waals surface area contributed by atoms with Crippen LogP contribution in [0.1, 0.15) is 44.9 Å². The van der Waals surface area contributed by atoms with Gasteiger partial charge < -0.3 is 9.84 Å². The quantitative estimate of drug-likeness (QED) is 0.727. The molecule has 3 saturated carbocycles. The second-order valence-corrected chi connectivity index (χ2v) is 5.25. The fourth-order valence-corrected chi connectivity index (χ4v) is 3.40. The van der Waals surface area contributed by atoms with Crippen molar-refractivity contribution in [3.63, 3.8) is 0 Å². The van der Waals surface area contributed by atoms with Crippen molar-refractivity contribution < 1.29 is 14.6 Å². The average Bonchev–Trinajstić information content (AvgIpc) is 2.30. The first-order valence-corrected chi connectivity index (χ1v) is 5.86. The van der Waals surface area contributed by atoms with Gasteiger partial charge in [-0.05, 0) is 50.4 Å². The number of aliphatic hydroxyl groups is 1. The topological polar surface area (TPSA) is 46.5 Å². The summed E-state index contributed by atoms with van der Waals surface area (Å²) in [6.45, 7) is 0.283. The standard InChI is InChI=1S/C12H20O3/c1-15-10(14)12-5-2-11(3-6-12,4-7-12)8-9-13/h13H,2-9H2,1H3. The monoisotopic (exact) mass is 212 g/mol. The highest BCUT2D eigenvalue weighted by molar-refractivity contribution is 5.77. The first kappa shape index (κ1) is 10.9. The maximum atomic E-state index is 11.7. The lowest BCUT2D eigenvalue weighted by atomic mass is 9.53. The lowest BCUT2D eigenvalue weighted by Crippen LogP contribution is -2.46. The molecule has 86 valence electrons. The molecule has 0 radical (unpaired) electrons. The smallest absolute Gasteiger partial charge is 0.311 e. The molecule has 3 aliphatic rings. The Morgan fingerprint density at radius 1 is 1.20 bits per heavy atom. The summed E-state index contributed by atoms with van der Waals surface area (Å²) in [6, 6.07) is 0. The Kier molecular flexibility index (Phi) is 2.75. The summed E-state index contributed by atoms with van der Waals surface area (Å²) in [7, 11) is 1.49. The first-order valence-electron chi connectivity index (χ1n) is 5.86. The lowest BCUT2D eigenvalue weighted by molar-refractivity contribution is -0.163. The molecule has 0 amide bonds. The molecule has 0 unspecified atom stereocenters. The zero-order chi connectivity index (χ0) is 10.9. The van der Waals surface area contributed by atoms with Crippen LogP contribution in [0.3, 0.4) is 0 Å². The van der Waals surface area contributed by atoms with Gasteiger partial charge in [-0.25, -0.2) is 0 Å². The molecule has 3 heteroatoms. The Hall–Kier alpha value is -0.570. The Labute approximate surface area is 90.8 Å². The van der Waals surface area contributed by atoms with Crippen molar-refractivity contribution in [2.24, 2.45) is 10.8 Å². The molecule has 2 bridgehead atoms. The van der Waals surface area contributed by atoms with Gasteiger partial charge in [-0.2, -0.15) is 0 Å².